The minimum Gasteiger partial charge on any atom is -0.126 e. The van der Waals surface area contributed by atoms with Gasteiger partial charge in [0.05, 0.1) is 0 Å². The first-order valence-electron chi connectivity index (χ1n) is 1.99. The number of rotatable bonds is 0. The Morgan fingerprint density at radius 1 is 1.17 bits per heavy atom. The second kappa shape index (κ2) is 3.17. The first kappa shape index (κ1) is 5.27. The van der Waals surface area contributed by atoms with E-state index in [0.717, 1.165) is 6.98 Å². The molecule has 0 aromatic heterocycles. The molecule has 36 valence electrons. The smallest absolute Gasteiger partial charge is 0.00121 e. The molecule has 0 saturated carbocycles. The van der Waals surface area contributed by atoms with E-state index >= 15 is 0 Å². The fourth-order valence-electron chi connectivity index (χ4n) is 0.328. The molecule has 1 aliphatic heterocycles. The van der Waals surface area contributed by atoms with E-state index in [0.29, 0.717) is 0 Å². The predicted octanol–water partition coefficient (Wildman–Crippen LogP) is 2.37. The van der Waals surface area contributed by atoms with Crippen molar-refractivity contribution >= 4 is 29.7 Å². The largest absolute Gasteiger partial charge is 0.126 e. The van der Waals surface area contributed by atoms with Crippen LogP contribution in [0.15, 0.2) is 0 Å². The van der Waals surface area contributed by atoms with Gasteiger partial charge in [-0.3, -0.25) is 0 Å². The van der Waals surface area contributed by atoms with Gasteiger partial charge < -0.3 is 0 Å². The molecule has 0 aliphatic carbocycles. The molecule has 0 unspecified atom stereocenters. The van der Waals surface area contributed by atoms with Gasteiger partial charge in [-0.15, -0.1) is 22.8 Å². The quantitative estimate of drug-likeness (QED) is 0.471. The van der Waals surface area contributed by atoms with Crippen molar-refractivity contribution in [2.45, 2.75) is 6.42 Å². The Kier molecular flexibility index (Phi) is 2.79. The van der Waals surface area contributed by atoms with Gasteiger partial charge in [-0.2, -0.15) is 0 Å². The van der Waals surface area contributed by atoms with Gasteiger partial charge in [0.1, 0.15) is 0 Å². The monoisotopic (exact) mass is 138 g/mol. The van der Waals surface area contributed by atoms with Crippen LogP contribution < -0.4 is 0 Å². The molecular formula is C3H7PS2. The molecule has 0 atom stereocenters. The lowest BCUT2D eigenvalue weighted by atomic mass is 10.6. The topological polar surface area (TPSA) is 0 Å². The summed E-state index contributed by atoms with van der Waals surface area (Å²) in [7, 11) is 0. The van der Waals surface area contributed by atoms with Gasteiger partial charge in [0, 0.05) is 0 Å². The molecule has 0 radical (unpaired) electrons. The molecule has 6 heavy (non-hydrogen) atoms. The summed E-state index contributed by atoms with van der Waals surface area (Å²) in [5, 5.41) is 0. The highest BCUT2D eigenvalue weighted by atomic mass is 33.1. The van der Waals surface area contributed by atoms with Crippen LogP contribution in [0.2, 0.25) is 0 Å². The van der Waals surface area contributed by atoms with Gasteiger partial charge >= 0.3 is 0 Å². The third kappa shape index (κ3) is 1.72. The van der Waals surface area contributed by atoms with Crippen LogP contribution in [-0.2, 0) is 0 Å². The molecule has 0 spiro atoms. The highest BCUT2D eigenvalue weighted by molar-refractivity contribution is 8.82. The van der Waals surface area contributed by atoms with E-state index in [2.05, 4.69) is 22.8 Å². The van der Waals surface area contributed by atoms with Crippen molar-refractivity contribution in [3.8, 4) is 0 Å². The van der Waals surface area contributed by atoms with Gasteiger partial charge in [-0.1, -0.05) is 0 Å². The fourth-order valence-corrected chi connectivity index (χ4v) is 5.20. The van der Waals surface area contributed by atoms with Crippen LogP contribution in [0.1, 0.15) is 6.42 Å². The standard InChI is InChI=1S/C3H7PS2/c1-2-5-4-6-3-1/h4H,1-3H2. The average molecular weight is 138 g/mol. The second-order valence-corrected chi connectivity index (χ2v) is 6.43. The van der Waals surface area contributed by atoms with Crippen molar-refractivity contribution in [3.05, 3.63) is 0 Å². The second-order valence-electron chi connectivity index (χ2n) is 1.13. The molecule has 3 heteroatoms. The Morgan fingerprint density at radius 2 is 1.83 bits per heavy atom. The lowest BCUT2D eigenvalue weighted by Gasteiger charge is -2.05. The van der Waals surface area contributed by atoms with Crippen molar-refractivity contribution in [1.82, 2.24) is 0 Å². The van der Waals surface area contributed by atoms with Crippen molar-refractivity contribution in [2.75, 3.05) is 11.5 Å². The van der Waals surface area contributed by atoms with Crippen LogP contribution in [0, 0.1) is 0 Å². The molecule has 1 fully saturated rings. The average Bonchev–Trinajstić information content (AvgIpc) is 1.72. The van der Waals surface area contributed by atoms with Crippen molar-refractivity contribution < 1.29 is 0 Å². The Hall–Kier alpha value is 1.13. The maximum Gasteiger partial charge on any atom is -0.00121 e. The first-order valence-corrected chi connectivity index (χ1v) is 6.41. The summed E-state index contributed by atoms with van der Waals surface area (Å²) < 4.78 is 0. The predicted molar refractivity (Wildman–Crippen MR) is 37.8 cm³/mol. The zero-order chi connectivity index (χ0) is 4.24. The maximum absolute atomic E-state index is 2.09. The highest BCUT2D eigenvalue weighted by Crippen LogP contribution is 2.46. The van der Waals surface area contributed by atoms with E-state index in [4.69, 9.17) is 0 Å². The minimum absolute atomic E-state index is 1.14. The molecule has 0 N–H and O–H groups in total. The molecule has 1 rings (SSSR count). The van der Waals surface area contributed by atoms with Crippen LogP contribution in [0.5, 0.6) is 0 Å². The lowest BCUT2D eigenvalue weighted by Crippen LogP contribution is -1.81. The van der Waals surface area contributed by atoms with E-state index < -0.39 is 0 Å². The van der Waals surface area contributed by atoms with Crippen LogP contribution in [-0.4, -0.2) is 11.5 Å². The van der Waals surface area contributed by atoms with Gasteiger partial charge in [0.15, 0.2) is 0 Å². The summed E-state index contributed by atoms with van der Waals surface area (Å²) in [5.74, 6) is 2.82. The zero-order valence-corrected chi connectivity index (χ0v) is 6.07. The van der Waals surface area contributed by atoms with Gasteiger partial charge in [0.25, 0.3) is 0 Å². The summed E-state index contributed by atoms with van der Waals surface area (Å²) >= 11 is 4.17. The molecule has 1 saturated heterocycles. The molecule has 0 bridgehead atoms. The van der Waals surface area contributed by atoms with Gasteiger partial charge in [-0.25, -0.2) is 0 Å². The number of hydrogen-bond acceptors (Lipinski definition) is 2. The third-order valence-electron chi connectivity index (χ3n) is 0.611. The van der Waals surface area contributed by atoms with E-state index in [1.54, 1.807) is 0 Å². The zero-order valence-electron chi connectivity index (χ0n) is 3.44. The van der Waals surface area contributed by atoms with E-state index in [1.807, 2.05) is 0 Å². The molecule has 0 aromatic carbocycles. The van der Waals surface area contributed by atoms with Crippen molar-refractivity contribution in [3.63, 3.8) is 0 Å². The molecule has 0 aromatic rings. The molecule has 1 aliphatic rings. The molecule has 1 heterocycles. The Balaban J connectivity index is 2.00. The first-order chi connectivity index (χ1) is 3.00. The Bertz CT molecular complexity index is 24.3. The Labute approximate surface area is 48.1 Å². The van der Waals surface area contributed by atoms with Gasteiger partial charge in [0.2, 0.25) is 0 Å². The highest BCUT2D eigenvalue weighted by Gasteiger charge is 1.96. The molecule has 0 amide bonds. The Morgan fingerprint density at radius 3 is 2.00 bits per heavy atom. The summed E-state index contributed by atoms with van der Waals surface area (Å²) in [6, 6.07) is 0. The van der Waals surface area contributed by atoms with Crippen LogP contribution in [0.4, 0.5) is 0 Å². The van der Waals surface area contributed by atoms with Gasteiger partial charge in [-0.05, 0) is 24.9 Å². The summed E-state index contributed by atoms with van der Waals surface area (Å²) in [4.78, 5) is 0. The van der Waals surface area contributed by atoms with E-state index in [9.17, 15) is 0 Å². The maximum atomic E-state index is 2.09. The van der Waals surface area contributed by atoms with Crippen LogP contribution in [0.25, 0.3) is 0 Å². The molecule has 0 nitrogen and oxygen atoms in total. The van der Waals surface area contributed by atoms with E-state index in [1.165, 1.54) is 17.9 Å². The lowest BCUT2D eigenvalue weighted by molar-refractivity contribution is 1.13. The summed E-state index contributed by atoms with van der Waals surface area (Å²) in [6.07, 6.45) is 1.43. The summed E-state index contributed by atoms with van der Waals surface area (Å²) in [6.45, 7) is 1.14. The minimum atomic E-state index is 1.14. The van der Waals surface area contributed by atoms with E-state index in [-0.39, 0.29) is 0 Å². The third-order valence-corrected chi connectivity index (χ3v) is 5.89. The van der Waals surface area contributed by atoms with Crippen molar-refractivity contribution in [1.29, 1.82) is 0 Å². The number of hydrogen-bond donors (Lipinski definition) is 0. The van der Waals surface area contributed by atoms with Crippen molar-refractivity contribution in [2.24, 2.45) is 0 Å². The van der Waals surface area contributed by atoms with Crippen LogP contribution >= 0.6 is 29.7 Å². The van der Waals surface area contributed by atoms with Crippen LogP contribution in [0.3, 0.4) is 0 Å². The molecular weight excluding hydrogens is 131 g/mol. The SMILES string of the molecule is C1CSPSC1. The fraction of sp³-hybridized carbons (Fsp3) is 1.00. The normalized spacial score (nSPS) is 24.0. The summed E-state index contributed by atoms with van der Waals surface area (Å²) in [5.41, 5.74) is 0.